The second-order valence-corrected chi connectivity index (χ2v) is 16.9. The molecular formula is C54H44N2. The lowest BCUT2D eigenvalue weighted by molar-refractivity contribution is 0.609. The fourth-order valence-corrected chi connectivity index (χ4v) is 10.4. The fraction of sp³-hybridized carbons (Fsp3) is 0.148. The minimum atomic E-state index is -0.0840. The molecular weight excluding hydrogens is 677 g/mol. The van der Waals surface area contributed by atoms with Gasteiger partial charge in [-0.15, -0.1) is 0 Å². The fourth-order valence-electron chi connectivity index (χ4n) is 10.4. The van der Waals surface area contributed by atoms with Gasteiger partial charge in [0.15, 0.2) is 0 Å². The Morgan fingerprint density at radius 3 is 2.02 bits per heavy atom. The number of para-hydroxylation sites is 2. The topological polar surface area (TPSA) is 8.17 Å². The van der Waals surface area contributed by atoms with Crippen LogP contribution in [-0.4, -0.2) is 4.57 Å². The first-order valence-corrected chi connectivity index (χ1v) is 20.0. The zero-order valence-corrected chi connectivity index (χ0v) is 32.4. The summed E-state index contributed by atoms with van der Waals surface area (Å²) in [7, 11) is 0. The Hall–Kier alpha value is -6.38. The monoisotopic (exact) mass is 720 g/mol. The number of benzene rings is 7. The van der Waals surface area contributed by atoms with E-state index in [1.807, 2.05) is 0 Å². The van der Waals surface area contributed by atoms with Crippen molar-refractivity contribution in [3.05, 3.63) is 209 Å². The molecule has 0 amide bonds. The predicted octanol–water partition coefficient (Wildman–Crippen LogP) is 14.2. The lowest BCUT2D eigenvalue weighted by Crippen LogP contribution is -2.23. The van der Waals surface area contributed by atoms with Gasteiger partial charge in [-0.2, -0.15) is 0 Å². The van der Waals surface area contributed by atoms with Crippen LogP contribution < -0.4 is 4.90 Å². The van der Waals surface area contributed by atoms with Crippen molar-refractivity contribution < 1.29 is 0 Å². The van der Waals surface area contributed by atoms with Crippen LogP contribution in [-0.2, 0) is 10.8 Å². The molecule has 0 saturated carbocycles. The first-order chi connectivity index (χ1) is 27.3. The van der Waals surface area contributed by atoms with Crippen LogP contribution in [0.2, 0.25) is 0 Å². The van der Waals surface area contributed by atoms with Crippen LogP contribution in [0.1, 0.15) is 62.3 Å². The molecule has 3 aliphatic carbocycles. The standard InChI is InChI=1S/C54H44N2/c1-53(2)47-19-11-8-16-41(47)43-29-27-39(33-49(43)53)55(40-28-30-44-42-17-9-12-20-48(42)54(3,4)50(44)34-40)38-25-22-35(23-26-38)36-24-31-52-46(32-36)45-18-10-13-21-51(45)56(52)37-14-6-5-7-15-37/h5-29,31-34,44H,30H2,1-4H3. The van der Waals surface area contributed by atoms with Crippen molar-refractivity contribution >= 4 is 33.2 Å². The smallest absolute Gasteiger partial charge is 0.0541 e. The van der Waals surface area contributed by atoms with Gasteiger partial charge in [-0.1, -0.05) is 149 Å². The molecule has 7 aromatic carbocycles. The Morgan fingerprint density at radius 1 is 0.518 bits per heavy atom. The molecule has 11 rings (SSSR count). The third-order valence-electron chi connectivity index (χ3n) is 13.2. The van der Waals surface area contributed by atoms with E-state index in [2.05, 4.69) is 213 Å². The van der Waals surface area contributed by atoms with Crippen LogP contribution in [0.4, 0.5) is 11.4 Å². The van der Waals surface area contributed by atoms with E-state index in [0.717, 1.165) is 6.42 Å². The van der Waals surface area contributed by atoms with Crippen molar-refractivity contribution in [2.24, 2.45) is 0 Å². The minimum Gasteiger partial charge on any atom is -0.311 e. The highest BCUT2D eigenvalue weighted by Crippen LogP contribution is 2.55. The maximum Gasteiger partial charge on any atom is 0.0541 e. The average Bonchev–Trinajstić information content (AvgIpc) is 3.78. The Labute approximate surface area is 329 Å². The molecule has 1 heterocycles. The molecule has 3 aliphatic rings. The molecule has 8 aromatic rings. The first kappa shape index (κ1) is 33.0. The van der Waals surface area contributed by atoms with Gasteiger partial charge in [0.05, 0.1) is 11.0 Å². The van der Waals surface area contributed by atoms with E-state index in [1.54, 1.807) is 0 Å². The molecule has 1 atom stereocenters. The minimum absolute atomic E-state index is 0.0276. The van der Waals surface area contributed by atoms with Gasteiger partial charge in [-0.3, -0.25) is 0 Å². The first-order valence-electron chi connectivity index (χ1n) is 20.0. The van der Waals surface area contributed by atoms with Gasteiger partial charge < -0.3 is 9.47 Å². The maximum atomic E-state index is 2.51. The highest BCUT2D eigenvalue weighted by atomic mass is 15.1. The highest BCUT2D eigenvalue weighted by molar-refractivity contribution is 6.10. The molecule has 2 nitrogen and oxygen atoms in total. The average molecular weight is 721 g/mol. The summed E-state index contributed by atoms with van der Waals surface area (Å²) in [5, 5.41) is 2.54. The largest absolute Gasteiger partial charge is 0.311 e. The van der Waals surface area contributed by atoms with Gasteiger partial charge in [-0.25, -0.2) is 0 Å². The summed E-state index contributed by atoms with van der Waals surface area (Å²) in [6.07, 6.45) is 5.98. The number of anilines is 2. The molecule has 0 saturated heterocycles. The summed E-state index contributed by atoms with van der Waals surface area (Å²) in [4.78, 5) is 2.50. The van der Waals surface area contributed by atoms with Crippen LogP contribution in [0.15, 0.2) is 187 Å². The van der Waals surface area contributed by atoms with E-state index in [9.17, 15) is 0 Å². The molecule has 0 N–H and O–H groups in total. The van der Waals surface area contributed by atoms with Crippen molar-refractivity contribution in [3.8, 4) is 27.9 Å². The lowest BCUT2D eigenvalue weighted by Gasteiger charge is -2.33. The Balaban J connectivity index is 1.03. The van der Waals surface area contributed by atoms with Crippen LogP contribution >= 0.6 is 0 Å². The van der Waals surface area contributed by atoms with Crippen molar-refractivity contribution in [3.63, 3.8) is 0 Å². The van der Waals surface area contributed by atoms with E-state index in [0.29, 0.717) is 5.92 Å². The van der Waals surface area contributed by atoms with E-state index in [-0.39, 0.29) is 10.8 Å². The number of hydrogen-bond acceptors (Lipinski definition) is 1. The van der Waals surface area contributed by atoms with Gasteiger partial charge in [0.2, 0.25) is 0 Å². The summed E-state index contributed by atoms with van der Waals surface area (Å²) >= 11 is 0. The molecule has 2 heteroatoms. The Morgan fingerprint density at radius 2 is 1.18 bits per heavy atom. The van der Waals surface area contributed by atoms with Crippen LogP contribution in [0.5, 0.6) is 0 Å². The SMILES string of the molecule is CC1(C)C2=CC(N(c3ccc(-c4ccc5c(c4)c4ccccc4n5-c4ccccc4)cc3)c3ccc4c(c3)C(C)(C)c3ccccc3-4)=CCC2c2ccccc21. The van der Waals surface area contributed by atoms with Crippen molar-refractivity contribution in [1.82, 2.24) is 4.57 Å². The van der Waals surface area contributed by atoms with Gasteiger partial charge >= 0.3 is 0 Å². The van der Waals surface area contributed by atoms with Crippen molar-refractivity contribution in [1.29, 1.82) is 0 Å². The maximum absolute atomic E-state index is 2.51. The molecule has 1 aromatic heterocycles. The van der Waals surface area contributed by atoms with Crippen molar-refractivity contribution in [2.75, 3.05) is 4.90 Å². The molecule has 0 aliphatic heterocycles. The van der Waals surface area contributed by atoms with Crippen molar-refractivity contribution in [2.45, 2.75) is 50.9 Å². The number of rotatable bonds is 5. The summed E-state index contributed by atoms with van der Waals surface area (Å²) in [5.41, 5.74) is 19.5. The zero-order valence-electron chi connectivity index (χ0n) is 32.4. The molecule has 0 radical (unpaired) electrons. The van der Waals surface area contributed by atoms with Crippen LogP contribution in [0.25, 0.3) is 49.7 Å². The number of nitrogens with zero attached hydrogens (tertiary/aromatic N) is 2. The quantitative estimate of drug-likeness (QED) is 0.172. The summed E-state index contributed by atoms with van der Waals surface area (Å²) in [6, 6.07) is 60.8. The normalized spacial score (nSPS) is 17.2. The number of fused-ring (bicyclic) bond motifs is 9. The number of allylic oxidation sites excluding steroid dienone is 3. The molecule has 0 fully saturated rings. The molecule has 0 bridgehead atoms. The number of aromatic nitrogens is 1. The summed E-state index contributed by atoms with van der Waals surface area (Å²) in [6.45, 7) is 9.56. The van der Waals surface area contributed by atoms with Crippen LogP contribution in [0, 0.1) is 0 Å². The van der Waals surface area contributed by atoms with E-state index in [4.69, 9.17) is 0 Å². The highest BCUT2D eigenvalue weighted by Gasteiger charge is 2.43. The van der Waals surface area contributed by atoms with Gasteiger partial charge in [0.1, 0.15) is 0 Å². The lowest BCUT2D eigenvalue weighted by atomic mass is 9.78. The second kappa shape index (κ2) is 12.1. The third-order valence-corrected chi connectivity index (χ3v) is 13.2. The van der Waals surface area contributed by atoms with E-state index >= 15 is 0 Å². The summed E-state index contributed by atoms with van der Waals surface area (Å²) in [5.74, 6) is 0.422. The zero-order chi connectivity index (χ0) is 37.8. The molecule has 56 heavy (non-hydrogen) atoms. The van der Waals surface area contributed by atoms with Gasteiger partial charge in [0, 0.05) is 50.3 Å². The molecule has 270 valence electrons. The molecule has 1 unspecified atom stereocenters. The van der Waals surface area contributed by atoms with E-state index in [1.165, 1.54) is 94.6 Å². The van der Waals surface area contributed by atoms with E-state index < -0.39 is 0 Å². The Kier molecular flexibility index (Phi) is 7.11. The number of hydrogen-bond donors (Lipinski definition) is 0. The Bertz CT molecular complexity index is 2930. The van der Waals surface area contributed by atoms with Gasteiger partial charge in [0.25, 0.3) is 0 Å². The third kappa shape index (κ3) is 4.75. The molecule has 0 spiro atoms. The predicted molar refractivity (Wildman–Crippen MR) is 235 cm³/mol. The summed E-state index contributed by atoms with van der Waals surface area (Å²) < 4.78 is 2.38. The van der Waals surface area contributed by atoms with Gasteiger partial charge in [-0.05, 0) is 112 Å². The second-order valence-electron chi connectivity index (χ2n) is 16.9. The van der Waals surface area contributed by atoms with Crippen LogP contribution in [0.3, 0.4) is 0 Å².